The minimum Gasteiger partial charge on any atom is -0.202 e. The molecule has 0 nitrogen and oxygen atoms in total. The minimum absolute atomic E-state index is 0.0129. The molecular formula is C14H16F5PS2. The van der Waals surface area contributed by atoms with E-state index in [1.54, 1.807) is 11.4 Å². The van der Waals surface area contributed by atoms with Gasteiger partial charge in [-0.15, -0.1) is 11.4 Å². The van der Waals surface area contributed by atoms with Gasteiger partial charge in [-0.25, -0.2) is 22.0 Å². The van der Waals surface area contributed by atoms with Gasteiger partial charge in [0, 0.05) is 12.2 Å². The molecule has 1 aliphatic carbocycles. The fourth-order valence-corrected chi connectivity index (χ4v) is 8.63. The molecule has 1 aromatic carbocycles. The number of hydrogen-bond acceptors (Lipinski definition) is 2. The van der Waals surface area contributed by atoms with Crippen LogP contribution in [-0.2, 0) is 0 Å². The fourth-order valence-electron chi connectivity index (χ4n) is 2.48. The highest BCUT2D eigenvalue weighted by molar-refractivity contribution is 8.82. The van der Waals surface area contributed by atoms with Crippen LogP contribution in [0.4, 0.5) is 22.0 Å². The van der Waals surface area contributed by atoms with E-state index in [0.717, 1.165) is 25.7 Å². The van der Waals surface area contributed by atoms with Gasteiger partial charge in [0.15, 0.2) is 23.3 Å². The van der Waals surface area contributed by atoms with Gasteiger partial charge >= 0.3 is 0 Å². The summed E-state index contributed by atoms with van der Waals surface area (Å²) >= 11 is 2.25. The van der Waals surface area contributed by atoms with Crippen molar-refractivity contribution in [2.24, 2.45) is 5.41 Å². The molecule has 1 saturated carbocycles. The molecule has 22 heavy (non-hydrogen) atoms. The summed E-state index contributed by atoms with van der Waals surface area (Å²) in [5.41, 5.74) is 0.132. The highest BCUT2D eigenvalue weighted by Gasteiger charge is 2.33. The Labute approximate surface area is 136 Å². The third-order valence-electron chi connectivity index (χ3n) is 3.91. The molecule has 2 rings (SSSR count). The fraction of sp³-hybridized carbons (Fsp3) is 0.571. The molecule has 0 N–H and O–H groups in total. The second-order valence-electron chi connectivity index (χ2n) is 5.93. The smallest absolute Gasteiger partial charge is 0.200 e. The van der Waals surface area contributed by atoms with E-state index < -0.39 is 34.0 Å². The third kappa shape index (κ3) is 3.73. The Morgan fingerprint density at radius 3 is 2.00 bits per heavy atom. The van der Waals surface area contributed by atoms with E-state index >= 15 is 0 Å². The summed E-state index contributed by atoms with van der Waals surface area (Å²) < 4.78 is 66.4. The molecular weight excluding hydrogens is 358 g/mol. The van der Waals surface area contributed by atoms with Crippen LogP contribution in [0.5, 0.6) is 0 Å². The Kier molecular flexibility index (Phi) is 6.06. The molecule has 0 amide bonds. The zero-order chi connectivity index (χ0) is 16.5. The Morgan fingerprint density at radius 1 is 0.909 bits per heavy atom. The highest BCUT2D eigenvalue weighted by Crippen LogP contribution is 2.56. The van der Waals surface area contributed by atoms with E-state index in [9.17, 15) is 22.0 Å². The standard InChI is InChI=1S/C14H16F5PS2/c1-14(2)6-4-3-5-7(14)21-20-22-13-11(18)9(16)8(15)10(17)12(13)19/h7,20H,3-6H2,1-2H3. The van der Waals surface area contributed by atoms with Crippen molar-refractivity contribution in [2.75, 3.05) is 0 Å². The summed E-state index contributed by atoms with van der Waals surface area (Å²) in [5, 5.41) is 0.341. The lowest BCUT2D eigenvalue weighted by molar-refractivity contribution is 0.257. The summed E-state index contributed by atoms with van der Waals surface area (Å²) in [6.45, 7) is 4.29. The minimum atomic E-state index is -2.11. The summed E-state index contributed by atoms with van der Waals surface area (Å²) in [6, 6.07) is 0. The summed E-state index contributed by atoms with van der Waals surface area (Å²) in [5.74, 6) is -9.35. The first-order valence-corrected chi connectivity index (χ1v) is 11.0. The first-order chi connectivity index (χ1) is 10.3. The number of benzene rings is 1. The number of rotatable bonds is 4. The van der Waals surface area contributed by atoms with Crippen molar-refractivity contribution in [1.29, 1.82) is 0 Å². The predicted octanol–water partition coefficient (Wildman–Crippen LogP) is 6.68. The van der Waals surface area contributed by atoms with Gasteiger partial charge in [0.1, 0.15) is 0 Å². The van der Waals surface area contributed by atoms with Crippen molar-refractivity contribution in [3.63, 3.8) is 0 Å². The Morgan fingerprint density at radius 2 is 1.45 bits per heavy atom. The monoisotopic (exact) mass is 374 g/mol. The maximum atomic E-state index is 13.6. The van der Waals surface area contributed by atoms with Crippen LogP contribution in [0.1, 0.15) is 39.5 Å². The molecule has 1 aliphatic rings. The van der Waals surface area contributed by atoms with Gasteiger partial charge in [-0.3, -0.25) is 0 Å². The summed E-state index contributed by atoms with van der Waals surface area (Å²) in [7, 11) is 0. The summed E-state index contributed by atoms with van der Waals surface area (Å²) in [4.78, 5) is -0.782. The molecule has 0 aromatic heterocycles. The summed E-state index contributed by atoms with van der Waals surface area (Å²) in [6.07, 6.45) is 4.38. The van der Waals surface area contributed by atoms with Crippen LogP contribution < -0.4 is 0 Å². The predicted molar refractivity (Wildman–Crippen MR) is 84.0 cm³/mol. The quantitative estimate of drug-likeness (QED) is 0.249. The maximum Gasteiger partial charge on any atom is 0.200 e. The Bertz CT molecular complexity index is 536. The van der Waals surface area contributed by atoms with Crippen LogP contribution in [0.15, 0.2) is 4.90 Å². The first kappa shape index (κ1) is 18.3. The molecule has 8 heteroatoms. The second-order valence-corrected chi connectivity index (χ2v) is 10.8. The van der Waals surface area contributed by atoms with E-state index in [-0.39, 0.29) is 12.4 Å². The van der Waals surface area contributed by atoms with Crippen LogP contribution in [-0.4, -0.2) is 5.25 Å². The van der Waals surface area contributed by atoms with Crippen molar-refractivity contribution in [1.82, 2.24) is 0 Å². The van der Waals surface area contributed by atoms with E-state index in [0.29, 0.717) is 16.6 Å². The van der Waals surface area contributed by atoms with Crippen LogP contribution in [0.3, 0.4) is 0 Å². The zero-order valence-corrected chi connectivity index (χ0v) is 14.7. The molecule has 0 saturated heterocycles. The molecule has 0 spiro atoms. The van der Waals surface area contributed by atoms with Gasteiger partial charge < -0.3 is 0 Å². The number of halogens is 5. The van der Waals surface area contributed by atoms with Gasteiger partial charge in [-0.05, 0) is 18.3 Å². The Balaban J connectivity index is 2.06. The number of hydrogen-bond donors (Lipinski definition) is 0. The van der Waals surface area contributed by atoms with Gasteiger partial charge in [0.2, 0.25) is 5.82 Å². The molecule has 1 fully saturated rings. The van der Waals surface area contributed by atoms with Gasteiger partial charge in [-0.1, -0.05) is 38.1 Å². The molecule has 124 valence electrons. The molecule has 0 aliphatic heterocycles. The Hall–Kier alpha value is -0.000000000000000167. The molecule has 1 aromatic rings. The van der Waals surface area contributed by atoms with E-state index in [1.807, 2.05) is 0 Å². The average Bonchev–Trinajstić information content (AvgIpc) is 2.48. The molecule has 0 heterocycles. The van der Waals surface area contributed by atoms with Gasteiger partial charge in [0.05, 0.1) is 4.90 Å². The zero-order valence-electron chi connectivity index (χ0n) is 12.1. The lowest BCUT2D eigenvalue weighted by atomic mass is 9.77. The van der Waals surface area contributed by atoms with Crippen LogP contribution >= 0.6 is 29.7 Å². The first-order valence-electron chi connectivity index (χ1n) is 6.84. The normalized spacial score (nSPS) is 21.7. The van der Waals surface area contributed by atoms with E-state index in [4.69, 9.17) is 0 Å². The van der Waals surface area contributed by atoms with Crippen molar-refractivity contribution in [2.45, 2.75) is 49.7 Å². The largest absolute Gasteiger partial charge is 0.202 e. The maximum absolute atomic E-state index is 13.6. The molecule has 0 radical (unpaired) electrons. The van der Waals surface area contributed by atoms with Crippen molar-refractivity contribution >= 4 is 29.7 Å². The lowest BCUT2D eigenvalue weighted by Crippen LogP contribution is -2.29. The second kappa shape index (κ2) is 7.27. The van der Waals surface area contributed by atoms with Crippen molar-refractivity contribution in [3.05, 3.63) is 29.1 Å². The van der Waals surface area contributed by atoms with E-state index in [2.05, 4.69) is 13.8 Å². The van der Waals surface area contributed by atoms with Crippen LogP contribution in [0.25, 0.3) is 0 Å². The van der Waals surface area contributed by atoms with Crippen LogP contribution in [0, 0.1) is 34.5 Å². The van der Waals surface area contributed by atoms with Crippen LogP contribution in [0.2, 0.25) is 0 Å². The third-order valence-corrected chi connectivity index (χ3v) is 9.43. The van der Waals surface area contributed by atoms with E-state index in [1.165, 1.54) is 0 Å². The molecule has 2 unspecified atom stereocenters. The average molecular weight is 374 g/mol. The lowest BCUT2D eigenvalue weighted by Gasteiger charge is -2.37. The molecule has 0 bridgehead atoms. The highest BCUT2D eigenvalue weighted by atomic mass is 33.1. The SMILES string of the molecule is CC1(C)CCCCC1SPSc1c(F)c(F)c(F)c(F)c1F. The van der Waals surface area contributed by atoms with Crippen molar-refractivity contribution < 1.29 is 22.0 Å². The van der Waals surface area contributed by atoms with Crippen molar-refractivity contribution in [3.8, 4) is 0 Å². The van der Waals surface area contributed by atoms with Gasteiger partial charge in [0.25, 0.3) is 0 Å². The topological polar surface area (TPSA) is 0 Å². The molecule has 2 atom stereocenters. The van der Waals surface area contributed by atoms with Gasteiger partial charge in [-0.2, -0.15) is 0 Å².